The van der Waals surface area contributed by atoms with Crippen molar-refractivity contribution < 1.29 is 42.1 Å². The van der Waals surface area contributed by atoms with E-state index in [1.54, 1.807) is 0 Å². The van der Waals surface area contributed by atoms with Crippen molar-refractivity contribution in [2.75, 3.05) is 47.5 Å². The molecule has 0 aliphatic carbocycles. The molecule has 0 heterocycles. The van der Waals surface area contributed by atoms with Crippen LogP contribution >= 0.6 is 7.82 Å². The Bertz CT molecular complexity index is 1050. The lowest BCUT2D eigenvalue weighted by molar-refractivity contribution is -0.870. The molecule has 0 saturated carbocycles. The second-order valence-electron chi connectivity index (χ2n) is 15.0. The van der Waals surface area contributed by atoms with Crippen molar-refractivity contribution in [3.8, 4) is 0 Å². The number of phosphoric ester groups is 1. The number of carbonyl (C=O) groups is 2. The van der Waals surface area contributed by atoms with E-state index in [1.807, 2.05) is 21.1 Å². The predicted octanol–water partition coefficient (Wildman–Crippen LogP) is 11.5. The molecule has 0 fully saturated rings. The molecule has 0 bridgehead atoms. The number of carbonyl (C=O) groups excluding carboxylic acids is 2. The van der Waals surface area contributed by atoms with E-state index in [0.717, 1.165) is 96.3 Å². The fourth-order valence-corrected chi connectivity index (χ4v) is 6.00. The molecule has 0 aliphatic rings. The second-order valence-corrected chi connectivity index (χ2v) is 16.5. The topological polar surface area (TPSA) is 108 Å². The van der Waals surface area contributed by atoms with Crippen LogP contribution in [0.4, 0.5) is 0 Å². The number of ether oxygens (including phenoxy) is 2. The van der Waals surface area contributed by atoms with Crippen LogP contribution in [0.15, 0.2) is 48.6 Å². The molecule has 2 unspecified atom stereocenters. The standard InChI is InChI=1S/C43H78NO8P/c1-6-8-10-12-14-16-18-19-20-21-22-23-24-25-26-28-30-32-34-36-43(46)52-41(40-51-53(47,48)50-38-37-44(3,4)5)39-49-42(45)35-33-31-29-27-17-15-13-11-9-7-2/h11,13-14,16,19-20,22-23,41H,6-10,12,15,17-18,21,24-40H2,1-5H3/p+1/b13-11-,16-14-,20-19-,23-22-. The fourth-order valence-electron chi connectivity index (χ4n) is 5.26. The van der Waals surface area contributed by atoms with Crippen molar-refractivity contribution in [2.24, 2.45) is 0 Å². The van der Waals surface area contributed by atoms with Gasteiger partial charge >= 0.3 is 19.8 Å². The first-order valence-electron chi connectivity index (χ1n) is 20.9. The first-order chi connectivity index (χ1) is 25.5. The molecule has 9 nitrogen and oxygen atoms in total. The van der Waals surface area contributed by atoms with Crippen LogP contribution in [0.2, 0.25) is 0 Å². The van der Waals surface area contributed by atoms with Gasteiger partial charge in [0, 0.05) is 12.8 Å². The van der Waals surface area contributed by atoms with Gasteiger partial charge in [-0.1, -0.05) is 127 Å². The van der Waals surface area contributed by atoms with Crippen molar-refractivity contribution in [3.05, 3.63) is 48.6 Å². The summed E-state index contributed by atoms with van der Waals surface area (Å²) in [4.78, 5) is 35.2. The predicted molar refractivity (Wildman–Crippen MR) is 220 cm³/mol. The fraction of sp³-hybridized carbons (Fsp3) is 0.767. The molecule has 53 heavy (non-hydrogen) atoms. The third kappa shape index (κ3) is 39.5. The van der Waals surface area contributed by atoms with Crippen molar-refractivity contribution in [2.45, 2.75) is 168 Å². The smallest absolute Gasteiger partial charge is 0.462 e. The highest BCUT2D eigenvalue weighted by molar-refractivity contribution is 7.47. The summed E-state index contributed by atoms with van der Waals surface area (Å²) in [6, 6.07) is 0. The number of quaternary nitrogens is 1. The molecular weight excluding hydrogens is 689 g/mol. The Labute approximate surface area is 324 Å². The van der Waals surface area contributed by atoms with Crippen molar-refractivity contribution in [3.63, 3.8) is 0 Å². The van der Waals surface area contributed by atoms with E-state index in [0.29, 0.717) is 17.4 Å². The van der Waals surface area contributed by atoms with Gasteiger partial charge in [-0.2, -0.15) is 0 Å². The van der Waals surface area contributed by atoms with E-state index < -0.39 is 26.5 Å². The largest absolute Gasteiger partial charge is 0.472 e. The maximum absolute atomic E-state index is 12.7. The molecule has 0 saturated heterocycles. The number of allylic oxidation sites excluding steroid dienone is 8. The summed E-state index contributed by atoms with van der Waals surface area (Å²) >= 11 is 0. The second kappa shape index (κ2) is 35.7. The Kier molecular flexibility index (Phi) is 34.3. The van der Waals surface area contributed by atoms with Gasteiger partial charge in [-0.05, 0) is 70.6 Å². The highest BCUT2D eigenvalue weighted by atomic mass is 31.2. The molecule has 308 valence electrons. The first kappa shape index (κ1) is 51.0. The summed E-state index contributed by atoms with van der Waals surface area (Å²) in [6.45, 7) is 4.29. The zero-order valence-corrected chi connectivity index (χ0v) is 35.4. The van der Waals surface area contributed by atoms with E-state index in [9.17, 15) is 19.0 Å². The number of esters is 2. The van der Waals surface area contributed by atoms with Crippen molar-refractivity contribution in [1.29, 1.82) is 0 Å². The van der Waals surface area contributed by atoms with Gasteiger partial charge in [-0.3, -0.25) is 18.6 Å². The minimum Gasteiger partial charge on any atom is -0.462 e. The lowest BCUT2D eigenvalue weighted by Gasteiger charge is -2.24. The van der Waals surface area contributed by atoms with Crippen LogP contribution in [-0.4, -0.2) is 74.9 Å². The molecule has 0 amide bonds. The van der Waals surface area contributed by atoms with Gasteiger partial charge in [0.05, 0.1) is 27.7 Å². The minimum atomic E-state index is -4.38. The van der Waals surface area contributed by atoms with E-state index in [4.69, 9.17) is 18.5 Å². The van der Waals surface area contributed by atoms with E-state index in [-0.39, 0.29) is 32.0 Å². The minimum absolute atomic E-state index is 0.0259. The number of phosphoric acid groups is 1. The summed E-state index contributed by atoms with van der Waals surface area (Å²) in [5.41, 5.74) is 0. The monoisotopic (exact) mass is 769 g/mol. The average molecular weight is 769 g/mol. The number of rotatable bonds is 37. The lowest BCUT2D eigenvalue weighted by Crippen LogP contribution is -2.37. The highest BCUT2D eigenvalue weighted by Crippen LogP contribution is 2.43. The van der Waals surface area contributed by atoms with Crippen LogP contribution in [0.3, 0.4) is 0 Å². The normalized spacial score (nSPS) is 14.2. The summed E-state index contributed by atoms with van der Waals surface area (Å²) in [6.07, 6.45) is 40.2. The highest BCUT2D eigenvalue weighted by Gasteiger charge is 2.27. The Morgan fingerprint density at radius 2 is 1.06 bits per heavy atom. The molecule has 2 atom stereocenters. The van der Waals surface area contributed by atoms with Crippen LogP contribution < -0.4 is 0 Å². The Balaban J connectivity index is 4.39. The van der Waals surface area contributed by atoms with Gasteiger partial charge in [-0.15, -0.1) is 0 Å². The van der Waals surface area contributed by atoms with Gasteiger partial charge < -0.3 is 18.9 Å². The molecule has 1 N–H and O–H groups in total. The zero-order valence-electron chi connectivity index (χ0n) is 34.5. The van der Waals surface area contributed by atoms with Crippen LogP contribution in [0, 0.1) is 0 Å². The third-order valence-corrected chi connectivity index (χ3v) is 9.55. The molecule has 0 aromatic carbocycles. The van der Waals surface area contributed by atoms with Crippen LogP contribution in [-0.2, 0) is 32.7 Å². The lowest BCUT2D eigenvalue weighted by atomic mass is 10.1. The van der Waals surface area contributed by atoms with Gasteiger partial charge in [0.15, 0.2) is 6.10 Å². The molecule has 10 heteroatoms. The first-order valence-corrected chi connectivity index (χ1v) is 22.4. The van der Waals surface area contributed by atoms with Gasteiger partial charge in [-0.25, -0.2) is 4.57 Å². The maximum atomic E-state index is 12.7. The molecular formula is C43H79NO8P+. The summed E-state index contributed by atoms with van der Waals surface area (Å²) in [5.74, 6) is -0.830. The Morgan fingerprint density at radius 3 is 1.60 bits per heavy atom. The average Bonchev–Trinajstić information content (AvgIpc) is 3.10. The number of unbranched alkanes of at least 4 members (excludes halogenated alkanes) is 15. The SMILES string of the molecule is CCC/C=C\CCCCCCCC(=O)OCC(COP(=O)(O)OCC[N+](C)(C)C)OC(=O)CCCCCCCC/C=C\C/C=C\C/C=C\CCCCC. The van der Waals surface area contributed by atoms with Gasteiger partial charge in [0.1, 0.15) is 19.8 Å². The molecule has 0 aliphatic heterocycles. The van der Waals surface area contributed by atoms with Crippen molar-refractivity contribution >= 4 is 19.8 Å². The number of nitrogens with zero attached hydrogens (tertiary/aromatic N) is 1. The van der Waals surface area contributed by atoms with Crippen LogP contribution in [0.1, 0.15) is 162 Å². The Hall–Kier alpha value is -2.03. The van der Waals surface area contributed by atoms with Crippen molar-refractivity contribution in [1.82, 2.24) is 0 Å². The van der Waals surface area contributed by atoms with E-state index in [1.165, 1.54) is 32.1 Å². The van der Waals surface area contributed by atoms with Crippen LogP contribution in [0.5, 0.6) is 0 Å². The Morgan fingerprint density at radius 1 is 0.585 bits per heavy atom. The summed E-state index contributed by atoms with van der Waals surface area (Å²) < 4.78 is 34.2. The van der Waals surface area contributed by atoms with E-state index in [2.05, 4.69) is 62.5 Å². The molecule has 0 spiro atoms. The van der Waals surface area contributed by atoms with Crippen LogP contribution in [0.25, 0.3) is 0 Å². The summed E-state index contributed by atoms with van der Waals surface area (Å²) in [7, 11) is 1.45. The molecule has 0 aromatic rings. The zero-order chi connectivity index (χ0) is 39.3. The maximum Gasteiger partial charge on any atom is 0.472 e. The summed E-state index contributed by atoms with van der Waals surface area (Å²) in [5, 5.41) is 0. The molecule has 0 aromatic heterocycles. The molecule has 0 rings (SSSR count). The third-order valence-electron chi connectivity index (χ3n) is 8.56. The van der Waals surface area contributed by atoms with E-state index >= 15 is 0 Å². The number of hydrogen-bond donors (Lipinski definition) is 1. The quantitative estimate of drug-likeness (QED) is 0.0219. The number of likely N-dealkylation sites (N-methyl/N-ethyl adjacent to an activating group) is 1. The van der Waals surface area contributed by atoms with Gasteiger partial charge in [0.25, 0.3) is 0 Å². The number of hydrogen-bond acceptors (Lipinski definition) is 7. The molecule has 0 radical (unpaired) electrons. The van der Waals surface area contributed by atoms with Gasteiger partial charge in [0.2, 0.25) is 0 Å².